The summed E-state index contributed by atoms with van der Waals surface area (Å²) in [5.41, 5.74) is -0.223. The molecule has 5 heteroatoms. The summed E-state index contributed by atoms with van der Waals surface area (Å²) in [7, 11) is 0. The van der Waals surface area contributed by atoms with Crippen molar-refractivity contribution >= 4 is 5.91 Å². The second-order valence-corrected chi connectivity index (χ2v) is 4.71. The summed E-state index contributed by atoms with van der Waals surface area (Å²) in [6.07, 6.45) is 1.92. The maximum atomic E-state index is 12.3. The number of amides is 1. The van der Waals surface area contributed by atoms with Crippen molar-refractivity contribution in [3.8, 4) is 6.07 Å². The van der Waals surface area contributed by atoms with E-state index in [0.29, 0.717) is 0 Å². The van der Waals surface area contributed by atoms with Gasteiger partial charge >= 0.3 is 0 Å². The first-order valence-electron chi connectivity index (χ1n) is 6.00. The number of likely N-dealkylation sites (tertiary alicyclic amines) is 1. The van der Waals surface area contributed by atoms with E-state index in [1.54, 1.807) is 4.90 Å². The Morgan fingerprint density at radius 2 is 2.00 bits per heavy atom. The molecule has 0 aliphatic carbocycles. The van der Waals surface area contributed by atoms with Gasteiger partial charge in [0.05, 0.1) is 0 Å². The van der Waals surface area contributed by atoms with Crippen LogP contribution in [0.1, 0.15) is 42.7 Å². The molecule has 2 unspecified atom stereocenters. The van der Waals surface area contributed by atoms with Crippen molar-refractivity contribution in [2.75, 3.05) is 0 Å². The van der Waals surface area contributed by atoms with Crippen LogP contribution < -0.4 is 5.56 Å². The molecule has 1 amide bonds. The summed E-state index contributed by atoms with van der Waals surface area (Å²) < 4.78 is 0. The summed E-state index contributed by atoms with van der Waals surface area (Å²) >= 11 is 0. The highest BCUT2D eigenvalue weighted by molar-refractivity contribution is 5.94. The first-order chi connectivity index (χ1) is 8.54. The topological polar surface area (TPSA) is 77.0 Å². The molecule has 1 aromatic heterocycles. The number of pyridine rings is 1. The fourth-order valence-electron chi connectivity index (χ4n) is 2.44. The zero-order valence-electron chi connectivity index (χ0n) is 10.4. The third-order valence-electron chi connectivity index (χ3n) is 3.45. The zero-order chi connectivity index (χ0) is 13.3. The number of aromatic amines is 1. The number of aromatic nitrogens is 1. The smallest absolute Gasteiger partial charge is 0.261 e. The highest BCUT2D eigenvalue weighted by atomic mass is 16.2. The van der Waals surface area contributed by atoms with Crippen LogP contribution in [-0.2, 0) is 0 Å². The van der Waals surface area contributed by atoms with Crippen LogP contribution in [0.3, 0.4) is 0 Å². The Bertz CT molecular complexity index is 560. The molecule has 0 radical (unpaired) electrons. The van der Waals surface area contributed by atoms with Crippen molar-refractivity contribution in [3.05, 3.63) is 33.7 Å². The Morgan fingerprint density at radius 1 is 1.39 bits per heavy atom. The van der Waals surface area contributed by atoms with E-state index < -0.39 is 5.56 Å². The lowest BCUT2D eigenvalue weighted by molar-refractivity contribution is 0.0691. The molecule has 18 heavy (non-hydrogen) atoms. The lowest BCUT2D eigenvalue weighted by atomic mass is 10.2. The van der Waals surface area contributed by atoms with Crippen molar-refractivity contribution < 1.29 is 4.79 Å². The molecule has 2 rings (SSSR count). The molecule has 0 spiro atoms. The number of nitriles is 1. The second kappa shape index (κ2) is 4.65. The van der Waals surface area contributed by atoms with E-state index in [9.17, 15) is 9.59 Å². The van der Waals surface area contributed by atoms with Crippen molar-refractivity contribution in [2.24, 2.45) is 0 Å². The number of hydrogen-bond donors (Lipinski definition) is 1. The number of nitrogens with zero attached hydrogens (tertiary/aromatic N) is 2. The van der Waals surface area contributed by atoms with Crippen LogP contribution in [0.15, 0.2) is 16.9 Å². The van der Waals surface area contributed by atoms with Gasteiger partial charge in [-0.25, -0.2) is 0 Å². The Kier molecular flexibility index (Phi) is 3.19. The van der Waals surface area contributed by atoms with E-state index >= 15 is 0 Å². The van der Waals surface area contributed by atoms with Gasteiger partial charge in [-0.1, -0.05) is 0 Å². The predicted molar refractivity (Wildman–Crippen MR) is 66.1 cm³/mol. The summed E-state index contributed by atoms with van der Waals surface area (Å²) in [4.78, 5) is 28.2. The van der Waals surface area contributed by atoms with Gasteiger partial charge in [-0.3, -0.25) is 9.59 Å². The van der Waals surface area contributed by atoms with Crippen LogP contribution in [0.2, 0.25) is 0 Å². The SMILES string of the molecule is CC1CCC(C)N1C(=O)c1ccc(C#N)[nH]c1=O. The van der Waals surface area contributed by atoms with Crippen LogP contribution >= 0.6 is 0 Å². The maximum Gasteiger partial charge on any atom is 0.261 e. The summed E-state index contributed by atoms with van der Waals surface area (Å²) in [5.74, 6) is -0.252. The van der Waals surface area contributed by atoms with Gasteiger partial charge in [0.1, 0.15) is 17.3 Å². The highest BCUT2D eigenvalue weighted by Crippen LogP contribution is 2.24. The monoisotopic (exact) mass is 245 g/mol. The van der Waals surface area contributed by atoms with Gasteiger partial charge in [0.25, 0.3) is 11.5 Å². The number of carbonyl (C=O) groups excluding carboxylic acids is 1. The van der Waals surface area contributed by atoms with E-state index in [2.05, 4.69) is 4.98 Å². The van der Waals surface area contributed by atoms with Crippen LogP contribution in [-0.4, -0.2) is 27.9 Å². The highest BCUT2D eigenvalue weighted by Gasteiger charge is 2.32. The fourth-order valence-corrected chi connectivity index (χ4v) is 2.44. The number of nitrogens with one attached hydrogen (secondary N) is 1. The minimum Gasteiger partial charge on any atom is -0.333 e. The number of rotatable bonds is 1. The van der Waals surface area contributed by atoms with E-state index in [1.807, 2.05) is 19.9 Å². The van der Waals surface area contributed by atoms with Crippen LogP contribution in [0, 0.1) is 11.3 Å². The maximum absolute atomic E-state index is 12.3. The van der Waals surface area contributed by atoms with Gasteiger partial charge in [-0.15, -0.1) is 0 Å². The summed E-state index contributed by atoms with van der Waals surface area (Å²) in [6, 6.07) is 5.04. The van der Waals surface area contributed by atoms with E-state index in [4.69, 9.17) is 5.26 Å². The molecule has 1 aliphatic heterocycles. The Balaban J connectivity index is 2.35. The molecule has 2 heterocycles. The van der Waals surface area contributed by atoms with Gasteiger partial charge in [0, 0.05) is 12.1 Å². The molecule has 1 fully saturated rings. The first kappa shape index (κ1) is 12.4. The second-order valence-electron chi connectivity index (χ2n) is 4.71. The lowest BCUT2D eigenvalue weighted by Crippen LogP contribution is -2.40. The third kappa shape index (κ3) is 2.02. The molecule has 94 valence electrons. The van der Waals surface area contributed by atoms with Crippen LogP contribution in [0.4, 0.5) is 0 Å². The molecule has 1 saturated heterocycles. The van der Waals surface area contributed by atoms with Crippen LogP contribution in [0.25, 0.3) is 0 Å². The Hall–Kier alpha value is -2.09. The van der Waals surface area contributed by atoms with Gasteiger partial charge in [-0.2, -0.15) is 5.26 Å². The number of H-pyrrole nitrogens is 1. The molecular formula is C13H15N3O2. The van der Waals surface area contributed by atoms with Crippen molar-refractivity contribution in [1.82, 2.24) is 9.88 Å². The predicted octanol–water partition coefficient (Wildman–Crippen LogP) is 1.26. The Labute approximate surface area is 105 Å². The standard InChI is InChI=1S/C13H15N3O2/c1-8-3-4-9(2)16(8)13(18)11-6-5-10(7-14)15-12(11)17/h5-6,8-9H,3-4H2,1-2H3,(H,15,17). The minimum absolute atomic E-state index is 0.106. The molecule has 0 saturated carbocycles. The van der Waals surface area contributed by atoms with E-state index in [-0.39, 0.29) is 29.2 Å². The average molecular weight is 245 g/mol. The third-order valence-corrected chi connectivity index (χ3v) is 3.45. The molecule has 0 aromatic carbocycles. The van der Waals surface area contributed by atoms with Crippen molar-refractivity contribution in [2.45, 2.75) is 38.8 Å². The lowest BCUT2D eigenvalue weighted by Gasteiger charge is -2.25. The van der Waals surface area contributed by atoms with Crippen LogP contribution in [0.5, 0.6) is 0 Å². The Morgan fingerprint density at radius 3 is 2.50 bits per heavy atom. The molecule has 2 atom stereocenters. The summed E-state index contributed by atoms with van der Waals surface area (Å²) in [6.45, 7) is 3.97. The normalized spacial score (nSPS) is 22.8. The first-order valence-corrected chi connectivity index (χ1v) is 6.00. The average Bonchev–Trinajstić information content (AvgIpc) is 2.68. The minimum atomic E-state index is -0.495. The fraction of sp³-hybridized carbons (Fsp3) is 0.462. The molecule has 1 aliphatic rings. The van der Waals surface area contributed by atoms with E-state index in [1.165, 1.54) is 12.1 Å². The largest absolute Gasteiger partial charge is 0.333 e. The molecule has 0 bridgehead atoms. The number of hydrogen-bond acceptors (Lipinski definition) is 3. The molecule has 1 N–H and O–H groups in total. The van der Waals surface area contributed by atoms with Crippen molar-refractivity contribution in [1.29, 1.82) is 5.26 Å². The van der Waals surface area contributed by atoms with E-state index in [0.717, 1.165) is 12.8 Å². The van der Waals surface area contributed by atoms with Gasteiger partial charge in [-0.05, 0) is 38.8 Å². The van der Waals surface area contributed by atoms with Gasteiger partial charge < -0.3 is 9.88 Å². The van der Waals surface area contributed by atoms with Gasteiger partial charge in [0.2, 0.25) is 0 Å². The van der Waals surface area contributed by atoms with Crippen molar-refractivity contribution in [3.63, 3.8) is 0 Å². The summed E-state index contributed by atoms with van der Waals surface area (Å²) in [5, 5.41) is 8.67. The molecule has 5 nitrogen and oxygen atoms in total. The zero-order valence-corrected chi connectivity index (χ0v) is 10.4. The van der Waals surface area contributed by atoms with Gasteiger partial charge in [0.15, 0.2) is 0 Å². The number of carbonyl (C=O) groups is 1. The molecule has 1 aromatic rings. The molecular weight excluding hydrogens is 230 g/mol. The quantitative estimate of drug-likeness (QED) is 0.809.